The number of nitrogens with zero attached hydrogens (tertiary/aromatic N) is 2. The number of rotatable bonds is 3. The first-order valence-electron chi connectivity index (χ1n) is 3.79. The molecule has 0 spiro atoms. The first-order valence-corrected chi connectivity index (χ1v) is 6.19. The Morgan fingerprint density at radius 3 is 2.57 bits per heavy atom. The molecule has 0 aliphatic heterocycles. The molecule has 0 aromatic carbocycles. The molecule has 0 amide bonds. The van der Waals surface area contributed by atoms with Gasteiger partial charge in [-0.1, -0.05) is 11.3 Å². The zero-order valence-corrected chi connectivity index (χ0v) is 12.0. The first kappa shape index (κ1) is 12.0. The molecule has 3 nitrogen and oxygen atoms in total. The SMILES string of the molecule is COc1nc(N(C)C)sc1C=C(Br)Br. The summed E-state index contributed by atoms with van der Waals surface area (Å²) >= 11 is 8.19. The highest BCUT2D eigenvalue weighted by atomic mass is 79.9. The Labute approximate surface area is 104 Å². The zero-order chi connectivity index (χ0) is 10.7. The second-order valence-electron chi connectivity index (χ2n) is 2.70. The molecule has 78 valence electrons. The predicted molar refractivity (Wildman–Crippen MR) is 68.8 cm³/mol. The molecule has 0 unspecified atom stereocenters. The molecule has 0 bridgehead atoms. The fourth-order valence-corrected chi connectivity index (χ4v) is 2.50. The maximum atomic E-state index is 5.16. The van der Waals surface area contributed by atoms with E-state index in [4.69, 9.17) is 4.74 Å². The van der Waals surface area contributed by atoms with E-state index in [1.807, 2.05) is 25.1 Å². The normalized spacial score (nSPS) is 9.79. The molecule has 0 radical (unpaired) electrons. The highest BCUT2D eigenvalue weighted by Crippen LogP contribution is 2.33. The van der Waals surface area contributed by atoms with Crippen LogP contribution in [0.4, 0.5) is 5.13 Å². The van der Waals surface area contributed by atoms with Crippen molar-refractivity contribution < 1.29 is 4.74 Å². The molecule has 0 fully saturated rings. The van der Waals surface area contributed by atoms with Gasteiger partial charge < -0.3 is 9.64 Å². The van der Waals surface area contributed by atoms with Crippen molar-refractivity contribution in [2.24, 2.45) is 0 Å². The molecular weight excluding hydrogens is 332 g/mol. The molecule has 1 aromatic heterocycles. The molecule has 0 atom stereocenters. The van der Waals surface area contributed by atoms with E-state index in [0.29, 0.717) is 5.88 Å². The van der Waals surface area contributed by atoms with Gasteiger partial charge in [0.15, 0.2) is 5.13 Å². The monoisotopic (exact) mass is 340 g/mol. The van der Waals surface area contributed by atoms with Gasteiger partial charge in [-0.05, 0) is 37.9 Å². The van der Waals surface area contributed by atoms with Crippen LogP contribution in [0.25, 0.3) is 6.08 Å². The minimum absolute atomic E-state index is 0.648. The highest BCUT2D eigenvalue weighted by molar-refractivity contribution is 9.28. The fraction of sp³-hybridized carbons (Fsp3) is 0.375. The van der Waals surface area contributed by atoms with E-state index in [1.54, 1.807) is 18.4 Å². The van der Waals surface area contributed by atoms with Crippen LogP contribution in [0.2, 0.25) is 0 Å². The van der Waals surface area contributed by atoms with Crippen LogP contribution in [-0.2, 0) is 0 Å². The first-order chi connectivity index (χ1) is 6.54. The van der Waals surface area contributed by atoms with Gasteiger partial charge in [-0.3, -0.25) is 0 Å². The molecule has 1 rings (SSSR count). The molecule has 1 heterocycles. The lowest BCUT2D eigenvalue weighted by molar-refractivity contribution is 0.400. The van der Waals surface area contributed by atoms with Crippen LogP contribution in [0.5, 0.6) is 5.88 Å². The van der Waals surface area contributed by atoms with Gasteiger partial charge in [-0.15, -0.1) is 0 Å². The Hall–Kier alpha value is -0.0700. The standard InChI is InChI=1S/C8H10Br2N2OS/c1-12(2)8-11-7(13-3)5(14-8)4-6(9)10/h4H,1-3H3. The van der Waals surface area contributed by atoms with Crippen molar-refractivity contribution in [3.63, 3.8) is 0 Å². The Bertz CT molecular complexity index is 345. The molecular formula is C8H10Br2N2OS. The van der Waals surface area contributed by atoms with E-state index < -0.39 is 0 Å². The number of hydrogen-bond donors (Lipinski definition) is 0. The summed E-state index contributed by atoms with van der Waals surface area (Å²) in [4.78, 5) is 7.25. The lowest BCUT2D eigenvalue weighted by Crippen LogP contribution is -2.07. The summed E-state index contributed by atoms with van der Waals surface area (Å²) in [5.41, 5.74) is 0. The number of hydrogen-bond acceptors (Lipinski definition) is 4. The van der Waals surface area contributed by atoms with Crippen LogP contribution in [0.1, 0.15) is 4.88 Å². The zero-order valence-electron chi connectivity index (χ0n) is 8.04. The van der Waals surface area contributed by atoms with Gasteiger partial charge in [0.1, 0.15) is 0 Å². The number of ether oxygens (including phenoxy) is 1. The van der Waals surface area contributed by atoms with Crippen molar-refractivity contribution in [3.05, 3.63) is 8.27 Å². The van der Waals surface area contributed by atoms with Crippen molar-refractivity contribution in [2.45, 2.75) is 0 Å². The van der Waals surface area contributed by atoms with Crippen LogP contribution in [-0.4, -0.2) is 26.2 Å². The van der Waals surface area contributed by atoms with Crippen LogP contribution < -0.4 is 9.64 Å². The Morgan fingerprint density at radius 2 is 2.14 bits per heavy atom. The van der Waals surface area contributed by atoms with Crippen LogP contribution in [0.15, 0.2) is 3.39 Å². The van der Waals surface area contributed by atoms with E-state index in [1.165, 1.54) is 0 Å². The van der Waals surface area contributed by atoms with E-state index in [2.05, 4.69) is 36.8 Å². The molecule has 1 aromatic rings. The smallest absolute Gasteiger partial charge is 0.233 e. The van der Waals surface area contributed by atoms with Crippen molar-refractivity contribution in [1.82, 2.24) is 4.98 Å². The summed E-state index contributed by atoms with van der Waals surface area (Å²) in [5, 5.41) is 0.925. The second kappa shape index (κ2) is 5.14. The van der Waals surface area contributed by atoms with Crippen LogP contribution >= 0.6 is 43.2 Å². The molecule has 6 heteroatoms. The van der Waals surface area contributed by atoms with Gasteiger partial charge in [-0.25, -0.2) is 0 Å². The summed E-state index contributed by atoms with van der Waals surface area (Å²) in [7, 11) is 5.53. The van der Waals surface area contributed by atoms with Crippen molar-refractivity contribution >= 4 is 54.4 Å². The van der Waals surface area contributed by atoms with Gasteiger partial charge in [0.25, 0.3) is 0 Å². The van der Waals surface area contributed by atoms with Gasteiger partial charge >= 0.3 is 0 Å². The number of anilines is 1. The lowest BCUT2D eigenvalue weighted by atomic mass is 10.5. The molecule has 0 saturated heterocycles. The maximum absolute atomic E-state index is 5.16. The van der Waals surface area contributed by atoms with E-state index in [9.17, 15) is 0 Å². The predicted octanol–water partition coefficient (Wildman–Crippen LogP) is 3.31. The summed E-state index contributed by atoms with van der Waals surface area (Å²) in [5.74, 6) is 0.648. The van der Waals surface area contributed by atoms with Gasteiger partial charge in [0.05, 0.1) is 15.4 Å². The fourth-order valence-electron chi connectivity index (χ4n) is 0.835. The number of methoxy groups -OCH3 is 1. The van der Waals surface area contributed by atoms with Crippen LogP contribution in [0, 0.1) is 0 Å². The highest BCUT2D eigenvalue weighted by Gasteiger charge is 2.10. The molecule has 0 aliphatic rings. The number of thiazole rings is 1. The average molecular weight is 342 g/mol. The molecule has 0 aliphatic carbocycles. The summed E-state index contributed by atoms with van der Waals surface area (Å²) in [6.07, 6.45) is 1.92. The average Bonchev–Trinajstić information content (AvgIpc) is 2.46. The van der Waals surface area contributed by atoms with Crippen molar-refractivity contribution in [2.75, 3.05) is 26.1 Å². The minimum Gasteiger partial charge on any atom is -0.480 e. The van der Waals surface area contributed by atoms with Gasteiger partial charge in [0.2, 0.25) is 5.88 Å². The summed E-state index contributed by atoms with van der Waals surface area (Å²) in [6, 6.07) is 0. The number of aromatic nitrogens is 1. The third-order valence-corrected chi connectivity index (χ3v) is 3.03. The summed E-state index contributed by atoms with van der Waals surface area (Å²) in [6.45, 7) is 0. The molecule has 14 heavy (non-hydrogen) atoms. The second-order valence-corrected chi connectivity index (χ2v) is 6.48. The maximum Gasteiger partial charge on any atom is 0.233 e. The van der Waals surface area contributed by atoms with E-state index in [-0.39, 0.29) is 0 Å². The largest absolute Gasteiger partial charge is 0.480 e. The minimum atomic E-state index is 0.648. The Balaban J connectivity index is 3.09. The summed E-state index contributed by atoms with van der Waals surface area (Å²) < 4.78 is 6.04. The number of halogens is 2. The van der Waals surface area contributed by atoms with Gasteiger partial charge in [-0.2, -0.15) is 4.98 Å². The van der Waals surface area contributed by atoms with Crippen LogP contribution in [0.3, 0.4) is 0 Å². The van der Waals surface area contributed by atoms with Gasteiger partial charge in [0, 0.05) is 14.1 Å². The van der Waals surface area contributed by atoms with Crippen molar-refractivity contribution in [1.29, 1.82) is 0 Å². The van der Waals surface area contributed by atoms with E-state index >= 15 is 0 Å². The topological polar surface area (TPSA) is 25.4 Å². The lowest BCUT2D eigenvalue weighted by Gasteiger charge is -2.04. The third kappa shape index (κ3) is 2.96. The van der Waals surface area contributed by atoms with Crippen molar-refractivity contribution in [3.8, 4) is 5.88 Å². The molecule has 0 saturated carbocycles. The quantitative estimate of drug-likeness (QED) is 0.843. The Morgan fingerprint density at radius 1 is 1.50 bits per heavy atom. The Kier molecular flexibility index (Phi) is 4.40. The van der Waals surface area contributed by atoms with E-state index in [0.717, 1.165) is 13.4 Å². The third-order valence-electron chi connectivity index (χ3n) is 1.43. The molecule has 0 N–H and O–H groups in total.